The van der Waals surface area contributed by atoms with Gasteiger partial charge in [0.1, 0.15) is 22.6 Å². The molecule has 0 atom stereocenters. The fourth-order valence-corrected chi connectivity index (χ4v) is 19.8. The first-order valence-corrected chi connectivity index (χ1v) is 44.9. The number of benzene rings is 16. The highest BCUT2D eigenvalue weighted by atomic mass is 15.1. The quantitative estimate of drug-likeness (QED) is 0.0584. The summed E-state index contributed by atoms with van der Waals surface area (Å²) in [6.07, 6.45) is 12.8. The van der Waals surface area contributed by atoms with E-state index in [0.717, 1.165) is 242 Å². The van der Waals surface area contributed by atoms with Gasteiger partial charge >= 0.3 is 0 Å². The second-order valence-corrected chi connectivity index (χ2v) is 33.2. The molecule has 0 saturated carbocycles. The van der Waals surface area contributed by atoms with Crippen molar-refractivity contribution in [1.29, 1.82) is 0 Å². The standard InChI is InChI=1S/C118H94N8/c1-3-5-7-9-23-73-89-75-76-90(74-24-10-8-6-4-2)104-103(89)111-119-112(104)121-114-106-98(84-63-39-18-40-64-84)92(78-51-27-12-28-52-78)94(80-55-31-14-32-56-80)100(86-67-43-20-44-68-86)108(106)116(123-114)125-118-110-102(88-71-47-22-48-72-88)96(82-59-35-16-36-60-82)95(81-57-33-15-34-58-81)101(87-69-45-21-46-70-87)109(110)117(126-118)124-115-107-99(85-65-41-19-42-66-85)93(79-53-29-13-30-54-79)91(77-49-25-11-26-50-77)97(83-61-37-17-38-62-83)105(107)113(120-111)122-115/h11-22,25-72,75-76H,3-10,23-24,73-74H2,1-2H3,(H2,119,120,121,122,123,124,125,126). The minimum Gasteiger partial charge on any atom is -0.324 e. The second-order valence-electron chi connectivity index (χ2n) is 33.2. The maximum atomic E-state index is 6.50. The third-order valence-electron chi connectivity index (χ3n) is 25.3. The Morgan fingerprint density at radius 3 is 0.524 bits per heavy atom. The van der Waals surface area contributed by atoms with Crippen molar-refractivity contribution in [1.82, 2.24) is 39.9 Å². The zero-order valence-corrected chi connectivity index (χ0v) is 71.0. The zero-order chi connectivity index (χ0) is 84.2. The molecule has 3 aromatic heterocycles. The maximum Gasteiger partial charge on any atom is 0.165 e. The van der Waals surface area contributed by atoms with Crippen LogP contribution < -0.4 is 0 Å². The number of aromatic amines is 2. The van der Waals surface area contributed by atoms with E-state index in [9.17, 15) is 0 Å². The molecule has 19 aromatic rings. The lowest BCUT2D eigenvalue weighted by molar-refractivity contribution is 0.631. The van der Waals surface area contributed by atoms with Gasteiger partial charge in [-0.2, -0.15) is 0 Å². The summed E-state index contributed by atoms with van der Waals surface area (Å²) in [4.78, 5) is 46.8. The van der Waals surface area contributed by atoms with E-state index in [1.54, 1.807) is 0 Å². The van der Waals surface area contributed by atoms with Crippen LogP contribution in [0.3, 0.4) is 0 Å². The normalized spacial score (nSPS) is 11.6. The van der Waals surface area contributed by atoms with E-state index < -0.39 is 0 Å². The lowest BCUT2D eigenvalue weighted by Gasteiger charge is -2.25. The van der Waals surface area contributed by atoms with Crippen molar-refractivity contribution in [3.63, 3.8) is 0 Å². The van der Waals surface area contributed by atoms with Crippen molar-refractivity contribution < 1.29 is 0 Å². The lowest BCUT2D eigenvalue weighted by atomic mass is 9.77. The maximum absolute atomic E-state index is 6.50. The molecule has 0 unspecified atom stereocenters. The molecule has 0 saturated heterocycles. The van der Waals surface area contributed by atoms with Crippen molar-refractivity contribution in [3.8, 4) is 179 Å². The summed E-state index contributed by atoms with van der Waals surface area (Å²) in [5, 5.41) is 3.77. The van der Waals surface area contributed by atoms with E-state index in [1.165, 1.54) is 24.0 Å². The van der Waals surface area contributed by atoms with Gasteiger partial charge in [0.15, 0.2) is 23.3 Å². The lowest BCUT2D eigenvalue weighted by Crippen LogP contribution is -2.00. The Morgan fingerprint density at radius 2 is 0.325 bits per heavy atom. The Morgan fingerprint density at radius 1 is 0.159 bits per heavy atom. The number of nitrogens with zero attached hydrogens (tertiary/aromatic N) is 6. The molecule has 8 heteroatoms. The third kappa shape index (κ3) is 14.5. The van der Waals surface area contributed by atoms with Crippen molar-refractivity contribution in [2.45, 2.75) is 90.9 Å². The molecule has 8 nitrogen and oxygen atoms in total. The van der Waals surface area contributed by atoms with Crippen LogP contribution >= 0.6 is 0 Å². The third-order valence-corrected chi connectivity index (χ3v) is 25.3. The highest BCUT2D eigenvalue weighted by Crippen LogP contribution is 2.61. The molecule has 0 amide bonds. The van der Waals surface area contributed by atoms with Crippen molar-refractivity contribution in [2.24, 2.45) is 0 Å². The van der Waals surface area contributed by atoms with Gasteiger partial charge in [-0.3, -0.25) is 0 Å². The molecule has 2 aliphatic heterocycles. The predicted octanol–water partition coefficient (Wildman–Crippen LogP) is 31.9. The molecular formula is C118H94N8. The van der Waals surface area contributed by atoms with Crippen LogP contribution in [0.5, 0.6) is 0 Å². The van der Waals surface area contributed by atoms with Gasteiger partial charge in [-0.15, -0.1) is 0 Å². The molecule has 8 bridgehead atoms. The van der Waals surface area contributed by atoms with E-state index in [2.05, 4.69) is 400 Å². The van der Waals surface area contributed by atoms with Crippen LogP contribution in [0.4, 0.5) is 0 Å². The fraction of sp³-hybridized carbons (Fsp3) is 0.119. The number of hydrogen-bond acceptors (Lipinski definition) is 6. The second kappa shape index (κ2) is 35.0. The van der Waals surface area contributed by atoms with Gasteiger partial charge in [0.2, 0.25) is 0 Å². The number of unbranched alkanes of at least 4 members (excludes halogenated alkanes) is 8. The van der Waals surface area contributed by atoms with E-state index in [-0.39, 0.29) is 0 Å². The number of aryl methyl sites for hydroxylation is 2. The average molecular weight is 1620 g/mol. The molecule has 21 rings (SSSR count). The van der Waals surface area contributed by atoms with Gasteiger partial charge in [-0.25, -0.2) is 29.9 Å². The number of rotatable bonds is 24. The van der Waals surface area contributed by atoms with Gasteiger partial charge in [-0.1, -0.05) is 441 Å². The van der Waals surface area contributed by atoms with Crippen molar-refractivity contribution in [2.75, 3.05) is 0 Å². The molecule has 0 aliphatic carbocycles. The predicted molar refractivity (Wildman–Crippen MR) is 526 cm³/mol. The minimum atomic E-state index is 0.482. The van der Waals surface area contributed by atoms with E-state index >= 15 is 0 Å². The van der Waals surface area contributed by atoms with Gasteiger partial charge in [0.25, 0.3) is 0 Å². The first-order chi connectivity index (χ1) is 62.5. The Bertz CT molecular complexity index is 6940. The Labute approximate surface area is 736 Å². The van der Waals surface area contributed by atoms with Crippen molar-refractivity contribution >= 4 is 44.1 Å². The van der Waals surface area contributed by atoms with Crippen molar-refractivity contribution in [3.05, 3.63) is 387 Å². The summed E-state index contributed by atoms with van der Waals surface area (Å²) in [5.74, 6) is 2.00. The largest absolute Gasteiger partial charge is 0.324 e. The summed E-state index contributed by atoms with van der Waals surface area (Å²) < 4.78 is 0. The molecule has 16 aromatic carbocycles. The molecule has 606 valence electrons. The first-order valence-electron chi connectivity index (χ1n) is 44.9. The Hall–Kier alpha value is -15.1. The Balaban J connectivity index is 1.07. The smallest absolute Gasteiger partial charge is 0.165 e. The molecule has 0 fully saturated rings. The van der Waals surface area contributed by atoms with Crippen LogP contribution in [0.2, 0.25) is 0 Å². The monoisotopic (exact) mass is 1620 g/mol. The summed E-state index contributed by atoms with van der Waals surface area (Å²) >= 11 is 0. The van der Waals surface area contributed by atoms with E-state index in [1.807, 2.05) is 0 Å². The highest BCUT2D eigenvalue weighted by molar-refractivity contribution is 6.27. The SMILES string of the molecule is CCCCCCCc1ccc(CCCCCCC)c2c3nc4nc(nc5[nH]c(nc6nc(nc([nH]3)c12)-c1c(-c2ccccc2)c(-c2ccccc2)c(-c2ccccc2)c(-c2ccccc2)c1-6)c1c(-c2ccccc2)c(-c2ccccc2)c(-c2ccccc2)c(-c2ccccc2)c51)-c1c(-c2ccccc2)c(-c2ccccc2)c(-c2ccccc2)c(-c2ccccc2)c1-4. The van der Waals surface area contributed by atoms with E-state index in [4.69, 9.17) is 29.9 Å². The van der Waals surface area contributed by atoms with Gasteiger partial charge in [0, 0.05) is 77.2 Å². The Kier molecular flexibility index (Phi) is 21.7. The first kappa shape index (κ1) is 78.2. The number of H-pyrrole nitrogens is 2. The molecule has 5 heterocycles. The molecule has 0 radical (unpaired) electrons. The summed E-state index contributed by atoms with van der Waals surface area (Å²) in [6, 6.07) is 136. The zero-order valence-electron chi connectivity index (χ0n) is 71.0. The summed E-state index contributed by atoms with van der Waals surface area (Å²) in [7, 11) is 0. The fourth-order valence-electron chi connectivity index (χ4n) is 19.8. The molecule has 126 heavy (non-hydrogen) atoms. The van der Waals surface area contributed by atoms with E-state index in [0.29, 0.717) is 45.9 Å². The molecule has 0 spiro atoms. The van der Waals surface area contributed by atoms with Crippen LogP contribution in [0.25, 0.3) is 223 Å². The van der Waals surface area contributed by atoms with Crippen LogP contribution in [0.1, 0.15) is 89.2 Å². The minimum absolute atomic E-state index is 0.482. The average Bonchev–Trinajstić information content (AvgIpc) is 1.51. The molecular weight excluding hydrogens is 1530 g/mol. The number of fused-ring (bicyclic) bond motifs is 20. The summed E-state index contributed by atoms with van der Waals surface area (Å²) in [5.41, 5.74) is 32.6. The highest BCUT2D eigenvalue weighted by Gasteiger charge is 2.39. The van der Waals surface area contributed by atoms with Crippen LogP contribution in [-0.4, -0.2) is 39.9 Å². The molecule has 2 aliphatic rings. The van der Waals surface area contributed by atoms with Crippen LogP contribution in [-0.2, 0) is 12.8 Å². The van der Waals surface area contributed by atoms with Gasteiger partial charge < -0.3 is 9.97 Å². The topological polar surface area (TPSA) is 109 Å². The summed E-state index contributed by atoms with van der Waals surface area (Å²) in [6.45, 7) is 4.60. The number of aromatic nitrogens is 8. The number of nitrogens with one attached hydrogen (secondary N) is 2. The van der Waals surface area contributed by atoms with Gasteiger partial charge in [-0.05, 0) is 137 Å². The molecule has 2 N–H and O–H groups in total. The number of hydrogen-bond donors (Lipinski definition) is 2. The van der Waals surface area contributed by atoms with Crippen LogP contribution in [0, 0.1) is 0 Å². The van der Waals surface area contributed by atoms with Gasteiger partial charge in [0.05, 0.1) is 0 Å². The van der Waals surface area contributed by atoms with Crippen LogP contribution in [0.15, 0.2) is 376 Å².